The number of anilines is 1. The zero-order valence-corrected chi connectivity index (χ0v) is 11.9. The van der Waals surface area contributed by atoms with E-state index in [2.05, 4.69) is 23.0 Å². The van der Waals surface area contributed by atoms with Gasteiger partial charge in [-0.25, -0.2) is 4.98 Å². The molecule has 3 rings (SSSR count). The van der Waals surface area contributed by atoms with E-state index in [4.69, 9.17) is 0 Å². The van der Waals surface area contributed by atoms with E-state index in [0.717, 1.165) is 36.5 Å². The molecule has 1 atom stereocenters. The third-order valence-electron chi connectivity index (χ3n) is 3.93. The molecule has 20 heavy (non-hydrogen) atoms. The number of benzene rings is 1. The van der Waals surface area contributed by atoms with Gasteiger partial charge in [-0.05, 0) is 30.9 Å². The van der Waals surface area contributed by atoms with Crippen molar-refractivity contribution in [3.05, 3.63) is 47.5 Å². The lowest BCUT2D eigenvalue weighted by atomic mass is 9.95. The van der Waals surface area contributed by atoms with Gasteiger partial charge in [-0.15, -0.1) is 0 Å². The third kappa shape index (κ3) is 2.11. The van der Waals surface area contributed by atoms with Crippen molar-refractivity contribution < 1.29 is 4.79 Å². The summed E-state index contributed by atoms with van der Waals surface area (Å²) in [5, 5.41) is 0. The summed E-state index contributed by atoms with van der Waals surface area (Å²) in [7, 11) is 0. The molecule has 1 aliphatic rings. The van der Waals surface area contributed by atoms with Crippen molar-refractivity contribution in [2.24, 2.45) is 0 Å². The largest absolute Gasteiger partial charge is 0.344 e. The number of aromatic nitrogens is 2. The van der Waals surface area contributed by atoms with Crippen molar-refractivity contribution in [2.75, 3.05) is 4.90 Å². The van der Waals surface area contributed by atoms with Crippen molar-refractivity contribution in [1.82, 2.24) is 9.97 Å². The normalized spacial score (nSPS) is 17.9. The van der Waals surface area contributed by atoms with Gasteiger partial charge in [0.25, 0.3) is 0 Å². The van der Waals surface area contributed by atoms with Gasteiger partial charge in [0.2, 0.25) is 5.91 Å². The lowest BCUT2D eigenvalue weighted by molar-refractivity contribution is -0.117. The van der Waals surface area contributed by atoms with E-state index < -0.39 is 0 Å². The molecule has 0 saturated carbocycles. The molecule has 0 saturated heterocycles. The van der Waals surface area contributed by atoms with Crippen molar-refractivity contribution >= 4 is 11.6 Å². The first-order valence-electron chi connectivity index (χ1n) is 7.12. The molecule has 4 heteroatoms. The Morgan fingerprint density at radius 3 is 2.95 bits per heavy atom. The smallest absolute Gasteiger partial charge is 0.224 e. The molecule has 104 valence electrons. The highest BCUT2D eigenvalue weighted by atomic mass is 16.2. The van der Waals surface area contributed by atoms with Crippen LogP contribution in [0, 0.1) is 0 Å². The number of H-pyrrole nitrogens is 1. The predicted octanol–water partition coefficient (Wildman–Crippen LogP) is 3.01. The average Bonchev–Trinajstić information content (AvgIpc) is 2.94. The fourth-order valence-corrected chi connectivity index (χ4v) is 2.92. The van der Waals surface area contributed by atoms with Gasteiger partial charge in [0.05, 0.1) is 6.04 Å². The summed E-state index contributed by atoms with van der Waals surface area (Å²) in [5.41, 5.74) is 3.37. The number of aryl methyl sites for hydroxylation is 2. The summed E-state index contributed by atoms with van der Waals surface area (Å²) in [6.07, 6.45) is 4.69. The number of fused-ring (bicyclic) bond motifs is 1. The second-order valence-electron chi connectivity index (χ2n) is 5.22. The molecular formula is C16H19N3O. The van der Waals surface area contributed by atoms with Gasteiger partial charge in [-0.2, -0.15) is 0 Å². The Balaban J connectivity index is 2.02. The Hall–Kier alpha value is -2.10. The Labute approximate surface area is 118 Å². The number of aromatic amines is 1. The van der Waals surface area contributed by atoms with Crippen LogP contribution in [-0.2, 0) is 17.6 Å². The van der Waals surface area contributed by atoms with E-state index in [1.54, 1.807) is 6.92 Å². The first-order valence-corrected chi connectivity index (χ1v) is 7.12. The van der Waals surface area contributed by atoms with Crippen LogP contribution in [0.3, 0.4) is 0 Å². The zero-order chi connectivity index (χ0) is 14.1. The monoisotopic (exact) mass is 269 g/mol. The second kappa shape index (κ2) is 5.12. The van der Waals surface area contributed by atoms with Crippen LogP contribution >= 0.6 is 0 Å². The summed E-state index contributed by atoms with van der Waals surface area (Å²) >= 11 is 0. The maximum Gasteiger partial charge on any atom is 0.224 e. The van der Waals surface area contributed by atoms with Crippen molar-refractivity contribution in [3.63, 3.8) is 0 Å². The fourth-order valence-electron chi connectivity index (χ4n) is 2.92. The van der Waals surface area contributed by atoms with E-state index in [9.17, 15) is 4.79 Å². The first kappa shape index (κ1) is 12.9. The van der Waals surface area contributed by atoms with E-state index >= 15 is 0 Å². The highest BCUT2D eigenvalue weighted by molar-refractivity contribution is 5.93. The van der Waals surface area contributed by atoms with Gasteiger partial charge in [0.1, 0.15) is 5.82 Å². The SMILES string of the molecule is CCc1cnc(C2CCc3ccccc3N2C(C)=O)[nH]1. The molecule has 0 fully saturated rings. The number of carbonyl (C=O) groups is 1. The van der Waals surface area contributed by atoms with E-state index in [1.165, 1.54) is 5.56 Å². The molecule has 0 aliphatic carbocycles. The number of nitrogens with one attached hydrogen (secondary N) is 1. The fraction of sp³-hybridized carbons (Fsp3) is 0.375. The zero-order valence-electron chi connectivity index (χ0n) is 11.9. The number of carbonyl (C=O) groups excluding carboxylic acids is 1. The molecule has 1 aromatic carbocycles. The van der Waals surface area contributed by atoms with Gasteiger partial charge < -0.3 is 9.88 Å². The third-order valence-corrected chi connectivity index (χ3v) is 3.93. The standard InChI is InChI=1S/C16H19N3O/c1-3-13-10-17-16(18-13)15-9-8-12-6-4-5-7-14(12)19(15)11(2)20/h4-7,10,15H,3,8-9H2,1-2H3,(H,17,18). The van der Waals surface area contributed by atoms with Crippen LogP contribution in [0.4, 0.5) is 5.69 Å². The van der Waals surface area contributed by atoms with E-state index in [-0.39, 0.29) is 11.9 Å². The first-order chi connectivity index (χ1) is 9.70. The topological polar surface area (TPSA) is 49.0 Å². The van der Waals surface area contributed by atoms with Crippen LogP contribution in [0.1, 0.15) is 43.4 Å². The number of rotatable bonds is 2. The van der Waals surface area contributed by atoms with Crippen molar-refractivity contribution in [2.45, 2.75) is 39.2 Å². The van der Waals surface area contributed by atoms with Gasteiger partial charge in [-0.3, -0.25) is 4.79 Å². The van der Waals surface area contributed by atoms with E-state index in [1.807, 2.05) is 29.3 Å². The van der Waals surface area contributed by atoms with Crippen LogP contribution in [0.25, 0.3) is 0 Å². The van der Waals surface area contributed by atoms with Gasteiger partial charge in [-0.1, -0.05) is 25.1 Å². The number of nitrogens with zero attached hydrogens (tertiary/aromatic N) is 2. The number of para-hydroxylation sites is 1. The second-order valence-corrected chi connectivity index (χ2v) is 5.22. The van der Waals surface area contributed by atoms with Gasteiger partial charge in [0, 0.05) is 24.5 Å². The molecule has 2 heterocycles. The molecule has 1 N–H and O–H groups in total. The lowest BCUT2D eigenvalue weighted by Crippen LogP contribution is -2.37. The van der Waals surface area contributed by atoms with Crippen LogP contribution < -0.4 is 4.90 Å². The number of hydrogen-bond acceptors (Lipinski definition) is 2. The maximum absolute atomic E-state index is 12.1. The Bertz CT molecular complexity index is 632. The Morgan fingerprint density at radius 2 is 2.25 bits per heavy atom. The van der Waals surface area contributed by atoms with Crippen LogP contribution in [0.15, 0.2) is 30.5 Å². The summed E-state index contributed by atoms with van der Waals surface area (Å²) in [6.45, 7) is 3.72. The van der Waals surface area contributed by atoms with Crippen molar-refractivity contribution in [3.8, 4) is 0 Å². The Kier molecular flexibility index (Phi) is 3.30. The lowest BCUT2D eigenvalue weighted by Gasteiger charge is -2.35. The molecule has 4 nitrogen and oxygen atoms in total. The van der Waals surface area contributed by atoms with Crippen LogP contribution in [0.5, 0.6) is 0 Å². The van der Waals surface area contributed by atoms with Crippen LogP contribution in [0.2, 0.25) is 0 Å². The number of hydrogen-bond donors (Lipinski definition) is 1. The molecule has 1 aliphatic heterocycles. The highest BCUT2D eigenvalue weighted by Crippen LogP contribution is 2.37. The maximum atomic E-state index is 12.1. The predicted molar refractivity (Wildman–Crippen MR) is 78.6 cm³/mol. The average molecular weight is 269 g/mol. The molecule has 1 unspecified atom stereocenters. The minimum Gasteiger partial charge on any atom is -0.344 e. The molecule has 1 amide bonds. The summed E-state index contributed by atoms with van der Waals surface area (Å²) in [5.74, 6) is 0.961. The Morgan fingerprint density at radius 1 is 1.45 bits per heavy atom. The van der Waals surface area contributed by atoms with Gasteiger partial charge >= 0.3 is 0 Å². The molecule has 2 aromatic rings. The molecule has 1 aromatic heterocycles. The number of amides is 1. The highest BCUT2D eigenvalue weighted by Gasteiger charge is 2.31. The number of imidazole rings is 1. The van der Waals surface area contributed by atoms with E-state index in [0.29, 0.717) is 0 Å². The van der Waals surface area contributed by atoms with Crippen molar-refractivity contribution in [1.29, 1.82) is 0 Å². The van der Waals surface area contributed by atoms with Gasteiger partial charge in [0.15, 0.2) is 0 Å². The minimum atomic E-state index is 0.0164. The molecule has 0 radical (unpaired) electrons. The summed E-state index contributed by atoms with van der Waals surface area (Å²) in [6, 6.07) is 8.15. The quantitative estimate of drug-likeness (QED) is 0.911. The molecular weight excluding hydrogens is 250 g/mol. The summed E-state index contributed by atoms with van der Waals surface area (Å²) in [4.78, 5) is 21.8. The summed E-state index contributed by atoms with van der Waals surface area (Å²) < 4.78 is 0. The van der Waals surface area contributed by atoms with Crippen LogP contribution in [-0.4, -0.2) is 15.9 Å². The minimum absolute atomic E-state index is 0.0164. The molecule has 0 bridgehead atoms. The molecule has 0 spiro atoms.